The summed E-state index contributed by atoms with van der Waals surface area (Å²) in [5.41, 5.74) is 11.7. The number of hydrogen-bond donors (Lipinski definition) is 3. The molecule has 1 spiro atoms. The van der Waals surface area contributed by atoms with Gasteiger partial charge in [0.25, 0.3) is 5.91 Å². The monoisotopic (exact) mass is 464 g/mol. The van der Waals surface area contributed by atoms with Crippen LogP contribution in [0.4, 0.5) is 10.1 Å². The minimum absolute atomic E-state index is 0.159. The molecule has 3 aliphatic heterocycles. The lowest BCUT2D eigenvalue weighted by molar-refractivity contribution is -0.117. The topological polar surface area (TPSA) is 79.6 Å². The van der Waals surface area contributed by atoms with Crippen molar-refractivity contribution >= 4 is 17.3 Å². The highest BCUT2D eigenvalue weighted by atomic mass is 19.1. The molecule has 0 aliphatic carbocycles. The molecule has 0 radical (unpaired) electrons. The molecule has 6 nitrogen and oxygen atoms in total. The summed E-state index contributed by atoms with van der Waals surface area (Å²) in [4.78, 5) is 15.0. The van der Waals surface area contributed by atoms with Gasteiger partial charge in [-0.15, -0.1) is 0 Å². The fourth-order valence-electron chi connectivity index (χ4n) is 5.44. The standard InChI is InChI=1S/C27H33FN4O2/c1-2-10-30-26(33)22-14-31-25-19(4-3-5-20(25)24(22)29)21-13-18(6-7-23(21)28)15-32-16-27(17-32)8-11-34-12-9-27/h3-7,13,31H,2,8-12,14-17,29H2,1H3,(H,30,33). The minimum atomic E-state index is -0.266. The summed E-state index contributed by atoms with van der Waals surface area (Å²) in [5.74, 6) is -0.426. The zero-order valence-corrected chi connectivity index (χ0v) is 19.8. The van der Waals surface area contributed by atoms with Gasteiger partial charge in [-0.1, -0.05) is 31.2 Å². The summed E-state index contributed by atoms with van der Waals surface area (Å²) in [6.45, 7) is 7.61. The number of nitrogens with two attached hydrogens (primary N) is 1. The van der Waals surface area contributed by atoms with E-state index in [2.05, 4.69) is 15.5 Å². The number of ether oxygens (including phenoxy) is 1. The van der Waals surface area contributed by atoms with Gasteiger partial charge in [0.2, 0.25) is 0 Å². The van der Waals surface area contributed by atoms with E-state index in [0.29, 0.717) is 35.3 Å². The zero-order chi connectivity index (χ0) is 23.7. The van der Waals surface area contributed by atoms with Crippen molar-refractivity contribution in [3.63, 3.8) is 0 Å². The van der Waals surface area contributed by atoms with Crippen molar-refractivity contribution in [2.24, 2.45) is 11.1 Å². The zero-order valence-electron chi connectivity index (χ0n) is 19.8. The summed E-state index contributed by atoms with van der Waals surface area (Å²) in [6, 6.07) is 11.0. The Morgan fingerprint density at radius 1 is 1.18 bits per heavy atom. The largest absolute Gasteiger partial charge is 0.398 e. The first-order valence-electron chi connectivity index (χ1n) is 12.2. The molecule has 3 heterocycles. The highest BCUT2D eigenvalue weighted by molar-refractivity contribution is 6.05. The molecule has 0 atom stereocenters. The Bertz CT molecular complexity index is 1120. The van der Waals surface area contributed by atoms with Gasteiger partial charge in [-0.3, -0.25) is 9.69 Å². The second-order valence-electron chi connectivity index (χ2n) is 9.80. The van der Waals surface area contributed by atoms with Crippen molar-refractivity contribution in [2.75, 3.05) is 44.7 Å². The maximum absolute atomic E-state index is 15.0. The molecule has 34 heavy (non-hydrogen) atoms. The molecule has 4 N–H and O–H groups in total. The average molecular weight is 465 g/mol. The number of benzene rings is 2. The first kappa shape index (κ1) is 22.9. The van der Waals surface area contributed by atoms with Gasteiger partial charge >= 0.3 is 0 Å². The van der Waals surface area contributed by atoms with Crippen LogP contribution in [0.25, 0.3) is 16.8 Å². The smallest absolute Gasteiger partial charge is 0.251 e. The van der Waals surface area contributed by atoms with Gasteiger partial charge in [0, 0.05) is 68.0 Å². The van der Waals surface area contributed by atoms with Gasteiger partial charge in [0.05, 0.1) is 17.0 Å². The van der Waals surface area contributed by atoms with Crippen LogP contribution < -0.4 is 16.4 Å². The van der Waals surface area contributed by atoms with Crippen LogP contribution in [0.5, 0.6) is 0 Å². The SMILES string of the molecule is CCCNC(=O)C1=C(N)c2cccc(-c3cc(CN4CC5(CCOCC5)C4)ccc3F)c2NC1. The maximum Gasteiger partial charge on any atom is 0.251 e. The van der Waals surface area contributed by atoms with Gasteiger partial charge in [0.15, 0.2) is 0 Å². The molecule has 7 heteroatoms. The van der Waals surface area contributed by atoms with Gasteiger partial charge in [-0.25, -0.2) is 4.39 Å². The number of carbonyl (C=O) groups is 1. The predicted octanol–water partition coefficient (Wildman–Crippen LogP) is 3.73. The lowest BCUT2D eigenvalue weighted by Crippen LogP contribution is -2.57. The van der Waals surface area contributed by atoms with Gasteiger partial charge in [-0.2, -0.15) is 0 Å². The van der Waals surface area contributed by atoms with Crippen LogP contribution in [-0.2, 0) is 16.1 Å². The molecule has 3 aliphatic rings. The van der Waals surface area contributed by atoms with E-state index < -0.39 is 0 Å². The second-order valence-corrected chi connectivity index (χ2v) is 9.80. The number of carbonyl (C=O) groups excluding carboxylic acids is 1. The van der Waals surface area contributed by atoms with E-state index in [4.69, 9.17) is 10.5 Å². The van der Waals surface area contributed by atoms with Crippen LogP contribution in [-0.4, -0.2) is 50.2 Å². The summed E-state index contributed by atoms with van der Waals surface area (Å²) in [6.07, 6.45) is 3.12. The fraction of sp³-hybridized carbons (Fsp3) is 0.444. The van der Waals surface area contributed by atoms with Crippen LogP contribution >= 0.6 is 0 Å². The van der Waals surface area contributed by atoms with Gasteiger partial charge in [0.1, 0.15) is 5.82 Å². The molecule has 1 amide bonds. The normalized spacial score (nSPS) is 19.4. The van der Waals surface area contributed by atoms with Gasteiger partial charge < -0.3 is 21.1 Å². The number of nitrogens with one attached hydrogen (secondary N) is 2. The molecule has 0 bridgehead atoms. The minimum Gasteiger partial charge on any atom is -0.398 e. The molecule has 0 saturated carbocycles. The number of anilines is 1. The Kier molecular flexibility index (Phi) is 6.32. The number of rotatable bonds is 6. The highest BCUT2D eigenvalue weighted by Gasteiger charge is 2.43. The number of nitrogens with zero attached hydrogens (tertiary/aromatic N) is 1. The molecule has 0 unspecified atom stereocenters. The van der Waals surface area contributed by atoms with Crippen molar-refractivity contribution in [1.82, 2.24) is 10.2 Å². The molecule has 0 aromatic heterocycles. The number of hydrogen-bond acceptors (Lipinski definition) is 5. The summed E-state index contributed by atoms with van der Waals surface area (Å²) in [5, 5.41) is 6.22. The van der Waals surface area contributed by atoms with Crippen molar-refractivity contribution in [1.29, 1.82) is 0 Å². The van der Waals surface area contributed by atoms with E-state index in [1.54, 1.807) is 6.07 Å². The average Bonchev–Trinajstić information content (AvgIpc) is 2.83. The van der Waals surface area contributed by atoms with Crippen molar-refractivity contribution < 1.29 is 13.9 Å². The van der Waals surface area contributed by atoms with Crippen molar-refractivity contribution in [3.8, 4) is 11.1 Å². The first-order chi connectivity index (χ1) is 16.5. The van der Waals surface area contributed by atoms with Crippen LogP contribution in [0.2, 0.25) is 0 Å². The van der Waals surface area contributed by atoms with E-state index in [0.717, 1.165) is 74.5 Å². The first-order valence-corrected chi connectivity index (χ1v) is 12.2. The molecule has 2 saturated heterocycles. The van der Waals surface area contributed by atoms with Crippen LogP contribution in [0, 0.1) is 11.2 Å². The molecule has 2 fully saturated rings. The summed E-state index contributed by atoms with van der Waals surface area (Å²) >= 11 is 0. The lowest BCUT2D eigenvalue weighted by Gasteiger charge is -2.52. The Balaban J connectivity index is 1.38. The summed E-state index contributed by atoms with van der Waals surface area (Å²) in [7, 11) is 0. The Morgan fingerprint density at radius 2 is 1.94 bits per heavy atom. The molecule has 180 valence electrons. The van der Waals surface area contributed by atoms with E-state index >= 15 is 4.39 Å². The van der Waals surface area contributed by atoms with Crippen LogP contribution in [0.1, 0.15) is 37.3 Å². The fourth-order valence-corrected chi connectivity index (χ4v) is 5.44. The Hall–Kier alpha value is -2.90. The van der Waals surface area contributed by atoms with Crippen LogP contribution in [0.3, 0.4) is 0 Å². The van der Waals surface area contributed by atoms with Crippen molar-refractivity contribution in [3.05, 3.63) is 58.9 Å². The number of likely N-dealkylation sites (tertiary alicyclic amines) is 1. The predicted molar refractivity (Wildman–Crippen MR) is 132 cm³/mol. The Morgan fingerprint density at radius 3 is 2.71 bits per heavy atom. The number of fused-ring (bicyclic) bond motifs is 1. The summed E-state index contributed by atoms with van der Waals surface area (Å²) < 4.78 is 20.5. The second kappa shape index (κ2) is 9.39. The third-order valence-electron chi connectivity index (χ3n) is 7.33. The van der Waals surface area contributed by atoms with E-state index in [1.807, 2.05) is 37.3 Å². The number of para-hydroxylation sites is 1. The maximum atomic E-state index is 15.0. The van der Waals surface area contributed by atoms with Crippen LogP contribution in [0.15, 0.2) is 42.0 Å². The highest BCUT2D eigenvalue weighted by Crippen LogP contribution is 2.41. The molecular formula is C27H33FN4O2. The van der Waals surface area contributed by atoms with E-state index in [-0.39, 0.29) is 11.7 Å². The van der Waals surface area contributed by atoms with Gasteiger partial charge in [-0.05, 0) is 37.0 Å². The number of amides is 1. The quantitative estimate of drug-likeness (QED) is 0.607. The molecule has 2 aromatic carbocycles. The number of halogens is 1. The van der Waals surface area contributed by atoms with E-state index in [9.17, 15) is 4.79 Å². The van der Waals surface area contributed by atoms with E-state index in [1.165, 1.54) is 0 Å². The molecule has 5 rings (SSSR count). The lowest BCUT2D eigenvalue weighted by atomic mass is 9.73. The molecule has 2 aromatic rings. The molecular weight excluding hydrogens is 431 g/mol. The third-order valence-corrected chi connectivity index (χ3v) is 7.33. The Labute approximate surface area is 200 Å². The van der Waals surface area contributed by atoms with Crippen molar-refractivity contribution in [2.45, 2.75) is 32.7 Å². The third kappa shape index (κ3) is 4.30.